The molecule has 1 saturated heterocycles. The largest absolute Gasteiger partial charge is 0.322 e. The van der Waals surface area contributed by atoms with Gasteiger partial charge in [-0.15, -0.1) is 12.4 Å². The molecule has 1 amide bonds. The van der Waals surface area contributed by atoms with Crippen LogP contribution >= 0.6 is 12.4 Å². The molecule has 1 aromatic carbocycles. The molecule has 3 rings (SSSR count). The Morgan fingerprint density at radius 1 is 1.24 bits per heavy atom. The van der Waals surface area contributed by atoms with Crippen LogP contribution in [0.1, 0.15) is 32.1 Å². The van der Waals surface area contributed by atoms with Gasteiger partial charge in [0.1, 0.15) is 11.6 Å². The third kappa shape index (κ3) is 3.52. The Morgan fingerprint density at radius 3 is 2.71 bits per heavy atom. The van der Waals surface area contributed by atoms with Crippen LogP contribution in [0.5, 0.6) is 0 Å². The number of amides is 1. The van der Waals surface area contributed by atoms with E-state index in [1.807, 2.05) is 0 Å². The summed E-state index contributed by atoms with van der Waals surface area (Å²) in [7, 11) is 0. The van der Waals surface area contributed by atoms with Gasteiger partial charge in [0.15, 0.2) is 0 Å². The van der Waals surface area contributed by atoms with Crippen molar-refractivity contribution in [1.29, 1.82) is 0 Å². The summed E-state index contributed by atoms with van der Waals surface area (Å²) in [5.41, 5.74) is 0.0353. The lowest BCUT2D eigenvalue weighted by atomic mass is 9.85. The molecular weight excluding hydrogens is 298 g/mol. The van der Waals surface area contributed by atoms with Crippen LogP contribution in [0.15, 0.2) is 18.2 Å². The van der Waals surface area contributed by atoms with Gasteiger partial charge in [-0.05, 0) is 37.3 Å². The van der Waals surface area contributed by atoms with Crippen LogP contribution in [0.3, 0.4) is 0 Å². The van der Waals surface area contributed by atoms with Crippen molar-refractivity contribution in [3.8, 4) is 0 Å². The molecule has 1 heterocycles. The van der Waals surface area contributed by atoms with Crippen molar-refractivity contribution in [2.75, 3.05) is 5.32 Å². The van der Waals surface area contributed by atoms with Crippen LogP contribution in [0.4, 0.5) is 14.5 Å². The predicted molar refractivity (Wildman–Crippen MR) is 79.5 cm³/mol. The van der Waals surface area contributed by atoms with E-state index < -0.39 is 11.6 Å². The van der Waals surface area contributed by atoms with Gasteiger partial charge in [-0.3, -0.25) is 4.79 Å². The van der Waals surface area contributed by atoms with Crippen LogP contribution in [0.25, 0.3) is 0 Å². The number of hydrogen-bond acceptors (Lipinski definition) is 2. The molecule has 0 spiro atoms. The van der Waals surface area contributed by atoms with E-state index in [-0.39, 0.29) is 30.0 Å². The van der Waals surface area contributed by atoms with E-state index >= 15 is 0 Å². The first kappa shape index (κ1) is 16.2. The second kappa shape index (κ2) is 6.71. The molecule has 1 aromatic rings. The Balaban J connectivity index is 0.00000161. The topological polar surface area (TPSA) is 41.1 Å². The van der Waals surface area contributed by atoms with Gasteiger partial charge in [-0.1, -0.05) is 12.8 Å². The quantitative estimate of drug-likeness (QED) is 0.879. The van der Waals surface area contributed by atoms with E-state index in [0.29, 0.717) is 12.0 Å². The highest BCUT2D eigenvalue weighted by atomic mass is 35.5. The van der Waals surface area contributed by atoms with Crippen molar-refractivity contribution >= 4 is 24.0 Å². The zero-order valence-corrected chi connectivity index (χ0v) is 12.4. The first-order valence-electron chi connectivity index (χ1n) is 7.15. The number of carbonyl (C=O) groups excluding carboxylic acids is 1. The fourth-order valence-electron chi connectivity index (χ4n) is 3.33. The minimum Gasteiger partial charge on any atom is -0.322 e. The number of nitrogens with one attached hydrogen (secondary N) is 2. The number of halogens is 3. The van der Waals surface area contributed by atoms with Gasteiger partial charge >= 0.3 is 0 Å². The summed E-state index contributed by atoms with van der Waals surface area (Å²) in [6.07, 6.45) is 5.50. The van der Waals surface area contributed by atoms with Crippen molar-refractivity contribution in [3.05, 3.63) is 29.8 Å². The molecule has 1 saturated carbocycles. The van der Waals surface area contributed by atoms with Crippen LogP contribution in [0, 0.1) is 17.6 Å². The Morgan fingerprint density at radius 2 is 2.00 bits per heavy atom. The minimum atomic E-state index is -0.742. The van der Waals surface area contributed by atoms with E-state index in [0.717, 1.165) is 31.4 Å². The van der Waals surface area contributed by atoms with E-state index in [1.165, 1.54) is 18.9 Å². The summed E-state index contributed by atoms with van der Waals surface area (Å²) in [5, 5.41) is 5.88. The Hall–Kier alpha value is -1.20. The Labute approximate surface area is 128 Å². The fourth-order valence-corrected chi connectivity index (χ4v) is 3.33. The molecule has 2 aliphatic rings. The third-order valence-corrected chi connectivity index (χ3v) is 4.37. The summed E-state index contributed by atoms with van der Waals surface area (Å²) in [5.74, 6) is -1.07. The summed E-state index contributed by atoms with van der Waals surface area (Å²) in [6.45, 7) is 0. The van der Waals surface area contributed by atoms with E-state index in [1.54, 1.807) is 0 Å². The lowest BCUT2D eigenvalue weighted by Crippen LogP contribution is -2.40. The van der Waals surface area contributed by atoms with E-state index in [2.05, 4.69) is 10.6 Å². The third-order valence-electron chi connectivity index (χ3n) is 4.37. The molecule has 6 heteroatoms. The molecular formula is C15H19ClF2N2O. The van der Waals surface area contributed by atoms with Gasteiger partial charge in [0.05, 0.1) is 11.7 Å². The van der Waals surface area contributed by atoms with Crippen LogP contribution in [0.2, 0.25) is 0 Å². The summed E-state index contributed by atoms with van der Waals surface area (Å²) in [6, 6.07) is 3.31. The zero-order chi connectivity index (χ0) is 14.1. The second-order valence-electron chi connectivity index (χ2n) is 5.72. The molecule has 0 bridgehead atoms. The number of benzene rings is 1. The molecule has 3 nitrogen and oxygen atoms in total. The van der Waals surface area contributed by atoms with Gasteiger partial charge < -0.3 is 10.6 Å². The van der Waals surface area contributed by atoms with Gasteiger partial charge in [0, 0.05) is 12.1 Å². The fraction of sp³-hybridized carbons (Fsp3) is 0.533. The van der Waals surface area contributed by atoms with Crippen molar-refractivity contribution in [3.63, 3.8) is 0 Å². The van der Waals surface area contributed by atoms with Gasteiger partial charge in [-0.25, -0.2) is 8.78 Å². The molecule has 0 aromatic heterocycles. The molecule has 116 valence electrons. The summed E-state index contributed by atoms with van der Waals surface area (Å²) < 4.78 is 26.3. The predicted octanol–water partition coefficient (Wildman–Crippen LogP) is 3.25. The lowest BCUT2D eigenvalue weighted by molar-refractivity contribution is -0.117. The Bertz CT molecular complexity index is 512. The van der Waals surface area contributed by atoms with Gasteiger partial charge in [-0.2, -0.15) is 0 Å². The van der Waals surface area contributed by atoms with Crippen LogP contribution < -0.4 is 10.6 Å². The second-order valence-corrected chi connectivity index (χ2v) is 5.72. The average Bonchev–Trinajstić information content (AvgIpc) is 2.86. The molecule has 2 N–H and O–H groups in total. The number of carbonyl (C=O) groups is 1. The van der Waals surface area contributed by atoms with Gasteiger partial charge in [0.25, 0.3) is 0 Å². The van der Waals surface area contributed by atoms with E-state index in [4.69, 9.17) is 0 Å². The van der Waals surface area contributed by atoms with E-state index in [9.17, 15) is 13.6 Å². The molecule has 21 heavy (non-hydrogen) atoms. The van der Waals surface area contributed by atoms with Crippen molar-refractivity contribution < 1.29 is 13.6 Å². The van der Waals surface area contributed by atoms with Gasteiger partial charge in [0.2, 0.25) is 5.91 Å². The SMILES string of the molecule is Cl.O=C(Nc1ccc(F)cc1F)C1CC2CCCCC2N1. The highest BCUT2D eigenvalue weighted by molar-refractivity contribution is 5.95. The number of rotatable bonds is 2. The first-order valence-corrected chi connectivity index (χ1v) is 7.15. The molecule has 3 unspecified atom stereocenters. The van der Waals surface area contributed by atoms with Crippen LogP contribution in [-0.2, 0) is 4.79 Å². The highest BCUT2D eigenvalue weighted by Gasteiger charge is 2.38. The molecule has 0 radical (unpaired) electrons. The summed E-state index contributed by atoms with van der Waals surface area (Å²) >= 11 is 0. The average molecular weight is 317 g/mol. The first-order chi connectivity index (χ1) is 9.63. The van der Waals surface area contributed by atoms with Crippen molar-refractivity contribution in [2.24, 2.45) is 5.92 Å². The Kier molecular flexibility index (Phi) is 5.17. The molecule has 2 fully saturated rings. The molecule has 1 aliphatic heterocycles. The number of anilines is 1. The van der Waals surface area contributed by atoms with Crippen LogP contribution in [-0.4, -0.2) is 18.0 Å². The zero-order valence-electron chi connectivity index (χ0n) is 11.6. The standard InChI is InChI=1S/C15H18F2N2O.ClH/c16-10-5-6-13(11(17)8-10)19-15(20)14-7-9-3-1-2-4-12(9)18-14;/h5-6,8-9,12,14,18H,1-4,7H2,(H,19,20);1H. The lowest BCUT2D eigenvalue weighted by Gasteiger charge is -2.24. The normalized spacial score (nSPS) is 27.6. The van der Waals surface area contributed by atoms with Crippen molar-refractivity contribution in [1.82, 2.24) is 5.32 Å². The summed E-state index contributed by atoms with van der Waals surface area (Å²) in [4.78, 5) is 12.2. The maximum Gasteiger partial charge on any atom is 0.241 e. The van der Waals surface area contributed by atoms with Crippen molar-refractivity contribution in [2.45, 2.75) is 44.2 Å². The monoisotopic (exact) mass is 316 g/mol. The molecule has 1 aliphatic carbocycles. The number of hydrogen-bond donors (Lipinski definition) is 2. The highest BCUT2D eigenvalue weighted by Crippen LogP contribution is 2.33. The molecule has 3 atom stereocenters. The maximum absolute atomic E-state index is 13.5. The number of fused-ring (bicyclic) bond motifs is 1. The smallest absolute Gasteiger partial charge is 0.241 e. The minimum absolute atomic E-state index is 0. The maximum atomic E-state index is 13.5.